The molecule has 0 heterocycles. The number of rotatable bonds is 5. The fourth-order valence-corrected chi connectivity index (χ4v) is 9.30. The van der Waals surface area contributed by atoms with E-state index in [0.717, 1.165) is 38.0 Å². The summed E-state index contributed by atoms with van der Waals surface area (Å²) in [6, 6.07) is 0. The van der Waals surface area contributed by atoms with Gasteiger partial charge in [0, 0.05) is 11.8 Å². The van der Waals surface area contributed by atoms with Gasteiger partial charge in [0.15, 0.2) is 0 Å². The van der Waals surface area contributed by atoms with Gasteiger partial charge in [-0.05, 0) is 106 Å². The summed E-state index contributed by atoms with van der Waals surface area (Å²) in [4.78, 5) is 0. The van der Waals surface area contributed by atoms with E-state index in [1.807, 2.05) is 6.92 Å². The Morgan fingerprint density at radius 1 is 0.935 bits per heavy atom. The summed E-state index contributed by atoms with van der Waals surface area (Å²) >= 11 is 0. The molecule has 0 aliphatic heterocycles. The largest absolute Gasteiger partial charge is 0.361 e. The predicted molar refractivity (Wildman–Crippen MR) is 123 cm³/mol. The van der Waals surface area contributed by atoms with Crippen molar-refractivity contribution in [1.82, 2.24) is 0 Å². The first-order valence-corrected chi connectivity index (χ1v) is 12.9. The minimum absolute atomic E-state index is 0.0442. The minimum atomic E-state index is -2.45. The Hall–Kier alpha value is -0.420. The third-order valence-corrected chi connectivity index (χ3v) is 11.1. The highest BCUT2D eigenvalue weighted by molar-refractivity contribution is 5.15. The van der Waals surface area contributed by atoms with E-state index < -0.39 is 17.0 Å². The van der Waals surface area contributed by atoms with Crippen LogP contribution in [-0.2, 0) is 0 Å². The van der Waals surface area contributed by atoms with Crippen LogP contribution in [0.15, 0.2) is 12.2 Å². The van der Waals surface area contributed by atoms with E-state index in [0.29, 0.717) is 29.6 Å². The Morgan fingerprint density at radius 2 is 1.65 bits per heavy atom. The van der Waals surface area contributed by atoms with Crippen LogP contribution in [0.1, 0.15) is 98.3 Å². The molecule has 0 spiro atoms. The topological polar surface area (TPSA) is 80.9 Å². The van der Waals surface area contributed by atoms with Crippen molar-refractivity contribution >= 4 is 0 Å². The van der Waals surface area contributed by atoms with Crippen molar-refractivity contribution in [1.29, 1.82) is 0 Å². The average molecular weight is 435 g/mol. The van der Waals surface area contributed by atoms with Crippen molar-refractivity contribution in [3.63, 3.8) is 0 Å². The maximum Gasteiger partial charge on any atom is 0.224 e. The van der Waals surface area contributed by atoms with Crippen molar-refractivity contribution in [2.24, 2.45) is 46.3 Å². The molecule has 4 aliphatic carbocycles. The minimum Gasteiger partial charge on any atom is -0.361 e. The van der Waals surface area contributed by atoms with Gasteiger partial charge in [-0.15, -0.1) is 6.58 Å². The Morgan fingerprint density at radius 3 is 2.32 bits per heavy atom. The molecule has 0 bridgehead atoms. The molecule has 4 N–H and O–H groups in total. The maximum atomic E-state index is 11.1. The summed E-state index contributed by atoms with van der Waals surface area (Å²) in [7, 11) is 0. The molecule has 4 aliphatic rings. The first kappa shape index (κ1) is 23.7. The molecule has 4 rings (SSSR count). The van der Waals surface area contributed by atoms with E-state index in [4.69, 9.17) is 0 Å². The lowest BCUT2D eigenvalue weighted by Gasteiger charge is -2.65. The van der Waals surface area contributed by atoms with Crippen LogP contribution >= 0.6 is 0 Å². The average Bonchev–Trinajstić information content (AvgIpc) is 3.03. The molecule has 4 nitrogen and oxygen atoms in total. The van der Waals surface area contributed by atoms with Gasteiger partial charge in [0.05, 0.1) is 0 Å². The van der Waals surface area contributed by atoms with Gasteiger partial charge >= 0.3 is 0 Å². The molecule has 0 saturated heterocycles. The number of hydrogen-bond acceptors (Lipinski definition) is 4. The van der Waals surface area contributed by atoms with E-state index in [9.17, 15) is 20.4 Å². The summed E-state index contributed by atoms with van der Waals surface area (Å²) in [5.41, 5.74) is 0.746. The fourth-order valence-electron chi connectivity index (χ4n) is 9.30. The normalized spacial score (nSPS) is 46.5. The van der Waals surface area contributed by atoms with E-state index in [1.54, 1.807) is 0 Å². The number of fused-ring (bicyclic) bond motifs is 5. The van der Waals surface area contributed by atoms with Gasteiger partial charge in [0.1, 0.15) is 0 Å². The van der Waals surface area contributed by atoms with E-state index >= 15 is 0 Å². The lowest BCUT2D eigenvalue weighted by molar-refractivity contribution is -0.436. The fraction of sp³-hybridized carbons (Fsp3) is 0.926. The van der Waals surface area contributed by atoms with Gasteiger partial charge in [-0.25, -0.2) is 0 Å². The molecule has 0 unspecified atom stereocenters. The molecule has 8 atom stereocenters. The summed E-state index contributed by atoms with van der Waals surface area (Å²) < 4.78 is 0. The molecule has 0 aromatic rings. The summed E-state index contributed by atoms with van der Waals surface area (Å²) in [6.45, 7) is 13.1. The van der Waals surface area contributed by atoms with Crippen molar-refractivity contribution in [2.45, 2.75) is 110 Å². The van der Waals surface area contributed by atoms with Crippen LogP contribution < -0.4 is 0 Å². The SMILES string of the molecule is C=C(C)CCC[C@@H](C)[C@H]1CC[C@H]2[C@@H]3CC[C@@H]4CCC(O)(O)C(O)(O)[C@]4(C)[C@H]3CC[C@]12C. The van der Waals surface area contributed by atoms with Crippen LogP contribution in [0.25, 0.3) is 0 Å². The first-order chi connectivity index (χ1) is 14.4. The molecule has 0 aromatic carbocycles. The second kappa shape index (κ2) is 7.82. The zero-order valence-electron chi connectivity index (χ0n) is 20.2. The van der Waals surface area contributed by atoms with E-state index in [-0.39, 0.29) is 18.3 Å². The van der Waals surface area contributed by atoms with Crippen molar-refractivity contribution in [2.75, 3.05) is 0 Å². The van der Waals surface area contributed by atoms with Crippen LogP contribution in [0.5, 0.6) is 0 Å². The quantitative estimate of drug-likeness (QED) is 0.363. The predicted octanol–water partition coefficient (Wildman–Crippen LogP) is 5.00. The van der Waals surface area contributed by atoms with Crippen molar-refractivity contribution < 1.29 is 20.4 Å². The van der Waals surface area contributed by atoms with Crippen LogP contribution in [-0.4, -0.2) is 32.0 Å². The van der Waals surface area contributed by atoms with E-state index in [2.05, 4.69) is 27.4 Å². The van der Waals surface area contributed by atoms with Crippen LogP contribution in [0.4, 0.5) is 0 Å². The summed E-state index contributed by atoms with van der Waals surface area (Å²) in [5, 5.41) is 43.3. The van der Waals surface area contributed by atoms with E-state index in [1.165, 1.54) is 31.3 Å². The van der Waals surface area contributed by atoms with Crippen LogP contribution in [0, 0.1) is 46.3 Å². The second-order valence-electron chi connectivity index (χ2n) is 12.5. The van der Waals surface area contributed by atoms with Crippen LogP contribution in [0.2, 0.25) is 0 Å². The Kier molecular flexibility index (Phi) is 5.99. The molecular formula is C27H46O4. The highest BCUT2D eigenvalue weighted by Crippen LogP contribution is 2.70. The number of hydrogen-bond donors (Lipinski definition) is 4. The summed E-state index contributed by atoms with van der Waals surface area (Å²) in [6.07, 6.45) is 11.1. The number of aliphatic hydroxyl groups is 4. The molecule has 4 fully saturated rings. The molecule has 0 radical (unpaired) electrons. The van der Waals surface area contributed by atoms with Gasteiger partial charge in [-0.1, -0.05) is 32.8 Å². The Labute approximate surface area is 189 Å². The molecule has 31 heavy (non-hydrogen) atoms. The third-order valence-electron chi connectivity index (χ3n) is 11.1. The zero-order valence-corrected chi connectivity index (χ0v) is 20.2. The van der Waals surface area contributed by atoms with Crippen molar-refractivity contribution in [3.05, 3.63) is 12.2 Å². The van der Waals surface area contributed by atoms with Gasteiger partial charge in [0.25, 0.3) is 0 Å². The number of allylic oxidation sites excluding steroid dienone is 1. The second-order valence-corrected chi connectivity index (χ2v) is 12.5. The molecular weight excluding hydrogens is 388 g/mol. The smallest absolute Gasteiger partial charge is 0.224 e. The lowest BCUT2D eigenvalue weighted by atomic mass is 9.42. The lowest BCUT2D eigenvalue weighted by Crippen LogP contribution is -2.73. The monoisotopic (exact) mass is 434 g/mol. The van der Waals surface area contributed by atoms with Gasteiger partial charge in [-0.3, -0.25) is 0 Å². The first-order valence-electron chi connectivity index (χ1n) is 12.9. The van der Waals surface area contributed by atoms with Gasteiger partial charge in [0.2, 0.25) is 11.6 Å². The molecule has 4 saturated carbocycles. The Bertz CT molecular complexity index is 699. The molecule has 4 heteroatoms. The van der Waals surface area contributed by atoms with Gasteiger partial charge < -0.3 is 20.4 Å². The van der Waals surface area contributed by atoms with Gasteiger partial charge in [-0.2, -0.15) is 0 Å². The van der Waals surface area contributed by atoms with Crippen LogP contribution in [0.3, 0.4) is 0 Å². The standard InChI is InChI=1S/C27H46O4/c1-17(2)7-6-8-18(3)21-11-12-22-20-10-9-19-13-16-26(28,29)27(30,31)25(19,5)23(20)14-15-24(21,22)4/h18-23,28-31H,1,6-16H2,2-5H3/t18-,19-,20+,21-,22+,23+,24-,25+/m1/s1. The highest BCUT2D eigenvalue weighted by atomic mass is 16.6. The molecule has 0 aromatic heterocycles. The highest BCUT2D eigenvalue weighted by Gasteiger charge is 2.71. The third kappa shape index (κ3) is 3.38. The van der Waals surface area contributed by atoms with Crippen molar-refractivity contribution in [3.8, 4) is 0 Å². The Balaban J connectivity index is 1.56. The molecule has 178 valence electrons. The zero-order chi connectivity index (χ0) is 22.8. The maximum absolute atomic E-state index is 11.1. The summed E-state index contributed by atoms with van der Waals surface area (Å²) in [5.74, 6) is -2.05. The molecule has 0 amide bonds.